The second kappa shape index (κ2) is 10.8. The van der Waals surface area contributed by atoms with Gasteiger partial charge in [0.05, 0.1) is 28.7 Å². The predicted molar refractivity (Wildman–Crippen MR) is 160 cm³/mol. The second-order valence-electron chi connectivity index (χ2n) is 12.2. The van der Waals surface area contributed by atoms with E-state index in [1.54, 1.807) is 33.5 Å². The maximum absolute atomic E-state index is 15.3. The molecule has 0 radical (unpaired) electrons. The van der Waals surface area contributed by atoms with Crippen molar-refractivity contribution in [1.29, 1.82) is 0 Å². The number of carbonyl (C=O) groups excluding carboxylic acids is 1. The molecular formula is C31H36FN3O4S2. The number of anilines is 2. The van der Waals surface area contributed by atoms with Crippen LogP contribution in [-0.2, 0) is 20.2 Å². The number of piperidine rings is 1. The molecule has 6 rings (SSSR count). The Hall–Kier alpha value is -2.79. The van der Waals surface area contributed by atoms with Crippen molar-refractivity contribution in [3.8, 4) is 0 Å². The van der Waals surface area contributed by atoms with Crippen LogP contribution < -0.4 is 9.80 Å². The Morgan fingerprint density at radius 3 is 2.32 bits per heavy atom. The van der Waals surface area contributed by atoms with Crippen LogP contribution >= 0.6 is 11.3 Å². The molecule has 0 spiro atoms. The van der Waals surface area contributed by atoms with E-state index >= 15 is 4.39 Å². The highest BCUT2D eigenvalue weighted by molar-refractivity contribution is 7.89. The number of carbonyl (C=O) groups is 1. The lowest BCUT2D eigenvalue weighted by atomic mass is 9.87. The van der Waals surface area contributed by atoms with Crippen LogP contribution in [0.4, 0.5) is 15.8 Å². The number of morpholine rings is 1. The average molecular weight is 598 g/mol. The minimum atomic E-state index is -3.59. The number of hydrogen-bond acceptors (Lipinski definition) is 6. The molecule has 41 heavy (non-hydrogen) atoms. The number of sulfonamides is 1. The fraction of sp³-hybridized carbons (Fsp3) is 0.452. The molecule has 1 aromatic heterocycles. The predicted octanol–water partition coefficient (Wildman–Crippen LogP) is 5.23. The number of ether oxygens (including phenoxy) is 1. The SMILES string of the molecule is CC(C)(C)c1ccc(S(=O)(=O)N2CC3C(CN(C(=O)c4cccs4)c4ccc(N5CCOCC5)c(F)c4)C3C2)cc1. The Morgan fingerprint density at radius 2 is 1.73 bits per heavy atom. The van der Waals surface area contributed by atoms with Crippen molar-refractivity contribution in [2.75, 3.05) is 55.7 Å². The summed E-state index contributed by atoms with van der Waals surface area (Å²) in [5.41, 5.74) is 2.07. The molecule has 2 atom stereocenters. The van der Waals surface area contributed by atoms with E-state index in [2.05, 4.69) is 20.8 Å². The molecule has 7 nitrogen and oxygen atoms in total. The lowest BCUT2D eigenvalue weighted by Gasteiger charge is -2.30. The van der Waals surface area contributed by atoms with Crippen molar-refractivity contribution in [2.24, 2.45) is 17.8 Å². The summed E-state index contributed by atoms with van der Waals surface area (Å²) in [5, 5.41) is 1.86. The number of fused-ring (bicyclic) bond motifs is 1. The van der Waals surface area contributed by atoms with Gasteiger partial charge < -0.3 is 14.5 Å². The molecule has 0 N–H and O–H groups in total. The zero-order valence-corrected chi connectivity index (χ0v) is 25.3. The minimum Gasteiger partial charge on any atom is -0.378 e. The fourth-order valence-electron chi connectivity index (χ4n) is 6.13. The third kappa shape index (κ3) is 5.55. The number of amides is 1. The largest absolute Gasteiger partial charge is 0.378 e. The van der Waals surface area contributed by atoms with Crippen molar-refractivity contribution in [3.05, 3.63) is 76.2 Å². The Bertz CT molecular complexity index is 1500. The third-order valence-corrected chi connectivity index (χ3v) is 11.4. The molecule has 2 saturated heterocycles. The van der Waals surface area contributed by atoms with Crippen LogP contribution in [0.1, 0.15) is 36.0 Å². The van der Waals surface area contributed by atoms with Gasteiger partial charge in [0, 0.05) is 38.4 Å². The summed E-state index contributed by atoms with van der Waals surface area (Å²) in [6, 6.07) is 15.8. The Labute approximate surface area is 245 Å². The molecule has 1 amide bonds. The van der Waals surface area contributed by atoms with Crippen LogP contribution in [-0.4, -0.2) is 64.6 Å². The van der Waals surface area contributed by atoms with E-state index in [1.807, 2.05) is 34.5 Å². The van der Waals surface area contributed by atoms with Gasteiger partial charge >= 0.3 is 0 Å². The molecule has 3 heterocycles. The Morgan fingerprint density at radius 1 is 1.05 bits per heavy atom. The zero-order valence-electron chi connectivity index (χ0n) is 23.6. The Balaban J connectivity index is 1.17. The van der Waals surface area contributed by atoms with Crippen molar-refractivity contribution >= 4 is 38.6 Å². The molecule has 0 bridgehead atoms. The first kappa shape index (κ1) is 28.3. The highest BCUT2D eigenvalue weighted by Crippen LogP contribution is 2.53. The lowest BCUT2D eigenvalue weighted by molar-refractivity contribution is 0.0988. The number of thiophene rings is 1. The first-order chi connectivity index (χ1) is 19.5. The van der Waals surface area contributed by atoms with E-state index in [-0.39, 0.29) is 34.9 Å². The van der Waals surface area contributed by atoms with E-state index in [0.29, 0.717) is 67.1 Å². The molecule has 1 saturated carbocycles. The summed E-state index contributed by atoms with van der Waals surface area (Å²) in [5.74, 6) is -0.00824. The van der Waals surface area contributed by atoms with Crippen LogP contribution in [0.3, 0.4) is 0 Å². The van der Waals surface area contributed by atoms with E-state index in [1.165, 1.54) is 17.4 Å². The van der Waals surface area contributed by atoms with Gasteiger partial charge in [0.2, 0.25) is 10.0 Å². The number of hydrogen-bond donors (Lipinski definition) is 0. The maximum atomic E-state index is 15.3. The van der Waals surface area contributed by atoms with Gasteiger partial charge in [0.25, 0.3) is 5.91 Å². The summed E-state index contributed by atoms with van der Waals surface area (Å²) >= 11 is 1.36. The highest BCUT2D eigenvalue weighted by atomic mass is 32.2. The first-order valence-electron chi connectivity index (χ1n) is 14.1. The summed E-state index contributed by atoms with van der Waals surface area (Å²) in [6.07, 6.45) is 0. The molecule has 218 valence electrons. The molecule has 3 aromatic rings. The molecule has 3 fully saturated rings. The monoisotopic (exact) mass is 597 g/mol. The van der Waals surface area contributed by atoms with Gasteiger partial charge in [-0.25, -0.2) is 12.8 Å². The zero-order chi connectivity index (χ0) is 28.9. The van der Waals surface area contributed by atoms with Gasteiger partial charge in [-0.2, -0.15) is 4.31 Å². The summed E-state index contributed by atoms with van der Waals surface area (Å²) in [7, 11) is -3.59. The normalized spacial score (nSPS) is 22.9. The van der Waals surface area contributed by atoms with Gasteiger partial charge in [0.15, 0.2) is 0 Å². The van der Waals surface area contributed by atoms with E-state index in [0.717, 1.165) is 5.56 Å². The van der Waals surface area contributed by atoms with Gasteiger partial charge in [-0.15, -0.1) is 11.3 Å². The van der Waals surface area contributed by atoms with Gasteiger partial charge in [-0.1, -0.05) is 39.0 Å². The van der Waals surface area contributed by atoms with Crippen LogP contribution in [0.2, 0.25) is 0 Å². The van der Waals surface area contributed by atoms with E-state index < -0.39 is 10.0 Å². The standard InChI is InChI=1S/C31H36FN3O4S2/c1-31(2,3)21-6-9-23(10-7-21)41(37,38)34-18-24-25(19-34)26(24)20-35(30(36)29-5-4-16-40-29)22-8-11-28(27(32)17-22)33-12-14-39-15-13-33/h4-11,16-17,24-26H,12-15,18-20H2,1-3H3. The van der Waals surface area contributed by atoms with Gasteiger partial charge in [0.1, 0.15) is 5.82 Å². The highest BCUT2D eigenvalue weighted by Gasteiger charge is 2.58. The molecule has 3 aliphatic rings. The summed E-state index contributed by atoms with van der Waals surface area (Å²) in [4.78, 5) is 18.1. The number of nitrogens with zero attached hydrogens (tertiary/aromatic N) is 3. The van der Waals surface area contributed by atoms with E-state index in [9.17, 15) is 13.2 Å². The van der Waals surface area contributed by atoms with Crippen molar-refractivity contribution in [3.63, 3.8) is 0 Å². The second-order valence-corrected chi connectivity index (χ2v) is 15.1. The molecule has 2 unspecified atom stereocenters. The Kier molecular flexibility index (Phi) is 7.46. The number of rotatable bonds is 7. The first-order valence-corrected chi connectivity index (χ1v) is 16.4. The summed E-state index contributed by atoms with van der Waals surface area (Å²) in [6.45, 7) is 9.97. The average Bonchev–Trinajstić information content (AvgIpc) is 3.35. The van der Waals surface area contributed by atoms with Crippen molar-refractivity contribution < 1.29 is 22.3 Å². The topological polar surface area (TPSA) is 70.2 Å². The maximum Gasteiger partial charge on any atom is 0.268 e. The smallest absolute Gasteiger partial charge is 0.268 e. The van der Waals surface area contributed by atoms with Crippen molar-refractivity contribution in [2.45, 2.75) is 31.1 Å². The number of benzene rings is 2. The molecule has 2 aliphatic heterocycles. The molecule has 10 heteroatoms. The molecule has 1 aliphatic carbocycles. The minimum absolute atomic E-state index is 0.0526. The number of halogens is 1. The lowest BCUT2D eigenvalue weighted by Crippen LogP contribution is -2.37. The van der Waals surface area contributed by atoms with Crippen LogP contribution in [0.25, 0.3) is 0 Å². The van der Waals surface area contributed by atoms with Gasteiger partial charge in [-0.3, -0.25) is 4.79 Å². The van der Waals surface area contributed by atoms with Crippen molar-refractivity contribution in [1.82, 2.24) is 4.31 Å². The van der Waals surface area contributed by atoms with Crippen LogP contribution in [0, 0.1) is 23.6 Å². The molecule has 2 aromatic carbocycles. The third-order valence-electron chi connectivity index (χ3n) is 8.66. The van der Waals surface area contributed by atoms with E-state index in [4.69, 9.17) is 4.74 Å². The van der Waals surface area contributed by atoms with Gasteiger partial charge in [-0.05, 0) is 70.5 Å². The molecular weight excluding hydrogens is 561 g/mol. The van der Waals surface area contributed by atoms with Crippen LogP contribution in [0.5, 0.6) is 0 Å². The fourth-order valence-corrected chi connectivity index (χ4v) is 8.31. The van der Waals surface area contributed by atoms with Crippen LogP contribution in [0.15, 0.2) is 64.9 Å². The quantitative estimate of drug-likeness (QED) is 0.373. The summed E-state index contributed by atoms with van der Waals surface area (Å²) < 4.78 is 49.1.